The van der Waals surface area contributed by atoms with Gasteiger partial charge in [-0.2, -0.15) is 0 Å². The van der Waals surface area contributed by atoms with Crippen molar-refractivity contribution in [1.29, 1.82) is 0 Å². The Balaban J connectivity index is 1.85. The second kappa shape index (κ2) is 9.47. The lowest BCUT2D eigenvalue weighted by atomic mass is 10.1. The molecule has 28 heavy (non-hydrogen) atoms. The van der Waals surface area contributed by atoms with E-state index in [1.807, 2.05) is 42.5 Å². The van der Waals surface area contributed by atoms with E-state index in [9.17, 15) is 4.79 Å². The molecule has 0 radical (unpaired) electrons. The molecule has 2 aromatic rings. The van der Waals surface area contributed by atoms with Gasteiger partial charge in [-0.1, -0.05) is 34.6 Å². The minimum Gasteiger partial charge on any atom is -0.497 e. The molecule has 0 N–H and O–H groups in total. The Morgan fingerprint density at radius 1 is 1.14 bits per heavy atom. The second-order valence-electron chi connectivity index (χ2n) is 6.35. The Morgan fingerprint density at radius 2 is 1.89 bits per heavy atom. The van der Waals surface area contributed by atoms with Crippen molar-refractivity contribution in [3.05, 3.63) is 52.5 Å². The maximum Gasteiger partial charge on any atom is 0.242 e. The highest BCUT2D eigenvalue weighted by Crippen LogP contribution is 2.34. The van der Waals surface area contributed by atoms with Gasteiger partial charge < -0.3 is 9.47 Å². The van der Waals surface area contributed by atoms with Crippen LogP contribution in [-0.2, 0) is 11.2 Å². The van der Waals surface area contributed by atoms with Gasteiger partial charge >= 0.3 is 0 Å². The van der Waals surface area contributed by atoms with Crippen molar-refractivity contribution in [2.75, 3.05) is 20.8 Å². The van der Waals surface area contributed by atoms with Gasteiger partial charge in [-0.25, -0.2) is 4.99 Å². The molecule has 1 aliphatic heterocycles. The molecule has 1 heterocycles. The highest BCUT2D eigenvalue weighted by molar-refractivity contribution is 9.10. The zero-order valence-electron chi connectivity index (χ0n) is 16.1. The quantitative estimate of drug-likeness (QED) is 0.577. The van der Waals surface area contributed by atoms with Crippen LogP contribution in [0.2, 0.25) is 0 Å². The van der Waals surface area contributed by atoms with Crippen LogP contribution in [0.1, 0.15) is 18.9 Å². The van der Waals surface area contributed by atoms with Crippen LogP contribution in [-0.4, -0.2) is 42.0 Å². The molecule has 1 fully saturated rings. The summed E-state index contributed by atoms with van der Waals surface area (Å²) in [6.45, 7) is 2.72. The number of thioether (sulfide) groups is 1. The molecule has 0 unspecified atom stereocenters. The third-order valence-electron chi connectivity index (χ3n) is 4.41. The summed E-state index contributed by atoms with van der Waals surface area (Å²) in [6, 6.07) is 13.4. The van der Waals surface area contributed by atoms with Crippen molar-refractivity contribution >= 4 is 44.5 Å². The maximum absolute atomic E-state index is 13.0. The van der Waals surface area contributed by atoms with Crippen LogP contribution in [0, 0.1) is 0 Å². The molecule has 0 aliphatic carbocycles. The van der Waals surface area contributed by atoms with Gasteiger partial charge in [0, 0.05) is 11.0 Å². The van der Waals surface area contributed by atoms with Crippen LogP contribution in [0.3, 0.4) is 0 Å². The van der Waals surface area contributed by atoms with Gasteiger partial charge in [0.25, 0.3) is 0 Å². The highest BCUT2D eigenvalue weighted by atomic mass is 79.9. The normalized spacial score (nSPS) is 18.0. The number of hydrogen-bond donors (Lipinski definition) is 0. The van der Waals surface area contributed by atoms with Gasteiger partial charge in [-0.15, -0.1) is 0 Å². The third-order valence-corrected chi connectivity index (χ3v) is 6.08. The standard InChI is InChI=1S/C21H23BrN2O3S/c1-4-11-24-20(25)19(13-14-12-15(22)5-10-18(14)27-3)28-21(24)23-16-6-8-17(26-2)9-7-16/h5-10,12,19H,4,11,13H2,1-3H3/t19-/m0/s1. The average Bonchev–Trinajstić information content (AvgIpc) is 2.98. The molecule has 148 valence electrons. The molecule has 5 nitrogen and oxygen atoms in total. The molecule has 1 aliphatic rings. The molecule has 0 aromatic heterocycles. The Labute approximate surface area is 178 Å². The molecule has 3 rings (SSSR count). The fourth-order valence-corrected chi connectivity index (χ4v) is 4.65. The van der Waals surface area contributed by atoms with Crippen molar-refractivity contribution < 1.29 is 14.3 Å². The molecule has 0 saturated carbocycles. The van der Waals surface area contributed by atoms with E-state index in [4.69, 9.17) is 14.5 Å². The summed E-state index contributed by atoms with van der Waals surface area (Å²) in [4.78, 5) is 19.6. The second-order valence-corrected chi connectivity index (χ2v) is 8.43. The molecule has 1 amide bonds. The van der Waals surface area contributed by atoms with Gasteiger partial charge in [-0.05, 0) is 60.9 Å². The first-order valence-electron chi connectivity index (χ1n) is 9.09. The lowest BCUT2D eigenvalue weighted by Gasteiger charge is -2.15. The Bertz CT molecular complexity index is 870. The van der Waals surface area contributed by atoms with Gasteiger partial charge in [0.15, 0.2) is 5.17 Å². The Morgan fingerprint density at radius 3 is 2.54 bits per heavy atom. The first-order chi connectivity index (χ1) is 13.5. The summed E-state index contributed by atoms with van der Waals surface area (Å²) in [7, 11) is 3.28. The van der Waals surface area contributed by atoms with E-state index in [0.717, 1.165) is 38.8 Å². The van der Waals surface area contributed by atoms with E-state index in [2.05, 4.69) is 22.9 Å². The number of hydrogen-bond acceptors (Lipinski definition) is 5. The highest BCUT2D eigenvalue weighted by Gasteiger charge is 2.37. The maximum atomic E-state index is 13.0. The van der Waals surface area contributed by atoms with Crippen LogP contribution < -0.4 is 9.47 Å². The van der Waals surface area contributed by atoms with Crippen molar-refractivity contribution in [2.45, 2.75) is 25.0 Å². The molecule has 1 atom stereocenters. The molecule has 7 heteroatoms. The molecule has 1 saturated heterocycles. The summed E-state index contributed by atoms with van der Waals surface area (Å²) in [5, 5.41) is 0.530. The van der Waals surface area contributed by atoms with E-state index >= 15 is 0 Å². The number of halogens is 1. The molecule has 0 spiro atoms. The minimum absolute atomic E-state index is 0.0983. The van der Waals surface area contributed by atoms with E-state index in [0.29, 0.717) is 13.0 Å². The fourth-order valence-electron chi connectivity index (χ4n) is 3.03. The number of amidine groups is 1. The van der Waals surface area contributed by atoms with Crippen molar-refractivity contribution in [2.24, 2.45) is 4.99 Å². The van der Waals surface area contributed by atoms with Crippen LogP contribution in [0.4, 0.5) is 5.69 Å². The predicted octanol–water partition coefficient (Wildman–Crippen LogP) is 5.05. The lowest BCUT2D eigenvalue weighted by molar-refractivity contribution is -0.126. The Hall–Kier alpha value is -1.99. The SMILES string of the molecule is CCCN1C(=O)[C@H](Cc2cc(Br)ccc2OC)SC1=Nc1ccc(OC)cc1. The zero-order valence-corrected chi connectivity index (χ0v) is 18.5. The number of nitrogens with zero attached hydrogens (tertiary/aromatic N) is 2. The van der Waals surface area contributed by atoms with E-state index in [-0.39, 0.29) is 11.2 Å². The first-order valence-corrected chi connectivity index (χ1v) is 10.8. The predicted molar refractivity (Wildman–Crippen MR) is 118 cm³/mol. The largest absolute Gasteiger partial charge is 0.497 e. The van der Waals surface area contributed by atoms with E-state index < -0.39 is 0 Å². The summed E-state index contributed by atoms with van der Waals surface area (Å²) < 4.78 is 11.6. The van der Waals surface area contributed by atoms with Crippen molar-refractivity contribution in [1.82, 2.24) is 4.90 Å². The molecule has 0 bridgehead atoms. The summed E-state index contributed by atoms with van der Waals surface area (Å²) in [5.41, 5.74) is 1.81. The lowest BCUT2D eigenvalue weighted by Crippen LogP contribution is -2.33. The minimum atomic E-state index is -0.216. The topological polar surface area (TPSA) is 51.1 Å². The number of ether oxygens (including phenoxy) is 2. The van der Waals surface area contributed by atoms with Gasteiger partial charge in [0.1, 0.15) is 11.5 Å². The van der Waals surface area contributed by atoms with Crippen LogP contribution in [0.5, 0.6) is 11.5 Å². The van der Waals surface area contributed by atoms with Gasteiger partial charge in [0.2, 0.25) is 5.91 Å². The number of methoxy groups -OCH3 is 2. The number of rotatable bonds is 7. The van der Waals surface area contributed by atoms with Crippen molar-refractivity contribution in [3.8, 4) is 11.5 Å². The third kappa shape index (κ3) is 4.70. The number of amides is 1. The summed E-state index contributed by atoms with van der Waals surface area (Å²) in [5.74, 6) is 1.67. The van der Waals surface area contributed by atoms with Crippen molar-refractivity contribution in [3.63, 3.8) is 0 Å². The number of benzene rings is 2. The van der Waals surface area contributed by atoms with E-state index in [1.165, 1.54) is 11.8 Å². The fraction of sp³-hybridized carbons (Fsp3) is 0.333. The average molecular weight is 463 g/mol. The smallest absolute Gasteiger partial charge is 0.242 e. The number of carbonyl (C=O) groups excluding carboxylic acids is 1. The first kappa shape index (κ1) is 20.7. The van der Waals surface area contributed by atoms with Gasteiger partial charge in [-0.3, -0.25) is 9.69 Å². The molecule has 2 aromatic carbocycles. The molecular formula is C21H23BrN2O3S. The van der Waals surface area contributed by atoms with Gasteiger partial charge in [0.05, 0.1) is 25.2 Å². The van der Waals surface area contributed by atoms with Crippen LogP contribution >= 0.6 is 27.7 Å². The van der Waals surface area contributed by atoms with Crippen LogP contribution in [0.25, 0.3) is 0 Å². The number of aliphatic imine (C=N–C) groups is 1. The summed E-state index contributed by atoms with van der Waals surface area (Å²) >= 11 is 5.02. The van der Waals surface area contributed by atoms with E-state index in [1.54, 1.807) is 19.1 Å². The zero-order chi connectivity index (χ0) is 20.1. The summed E-state index contributed by atoms with van der Waals surface area (Å²) in [6.07, 6.45) is 1.47. The monoisotopic (exact) mass is 462 g/mol. The molecular weight excluding hydrogens is 440 g/mol. The van der Waals surface area contributed by atoms with Crippen LogP contribution in [0.15, 0.2) is 51.9 Å². The Kier molecular flexibility index (Phi) is 7.02. The number of carbonyl (C=O) groups is 1.